The molecule has 2 N–H and O–H groups in total. The Kier molecular flexibility index (Phi) is 3.53. The smallest absolute Gasteiger partial charge is 0.0949 e. The van der Waals surface area contributed by atoms with E-state index in [2.05, 4.69) is 41.5 Å². The van der Waals surface area contributed by atoms with E-state index in [0.717, 1.165) is 0 Å². The van der Waals surface area contributed by atoms with Gasteiger partial charge in [0.2, 0.25) is 0 Å². The minimum atomic E-state index is -0.877. The van der Waals surface area contributed by atoms with Crippen molar-refractivity contribution in [3.63, 3.8) is 0 Å². The van der Waals surface area contributed by atoms with E-state index in [-0.39, 0.29) is 9.04 Å². The van der Waals surface area contributed by atoms with Gasteiger partial charge in [0.25, 0.3) is 0 Å². The third kappa shape index (κ3) is 5.64. The van der Waals surface area contributed by atoms with Crippen molar-refractivity contribution in [3.05, 3.63) is 0 Å². The van der Waals surface area contributed by atoms with Crippen LogP contribution in [-0.4, -0.2) is 17.5 Å². The largest absolute Gasteiger partial charge is 0.355 e. The van der Waals surface area contributed by atoms with Crippen LogP contribution in [0.25, 0.3) is 0 Å². The lowest BCUT2D eigenvalue weighted by atomic mass is 10.2. The molecule has 0 amide bonds. The average molecular weight is 189 g/mol. The highest BCUT2D eigenvalue weighted by atomic mass is 29.2. The predicted molar refractivity (Wildman–Crippen MR) is 59.3 cm³/mol. The summed E-state index contributed by atoms with van der Waals surface area (Å²) in [5.74, 6) is 0. The van der Waals surface area contributed by atoms with Crippen molar-refractivity contribution in [3.8, 4) is 0 Å². The van der Waals surface area contributed by atoms with Crippen LogP contribution in [-0.2, 0) is 0 Å². The summed E-state index contributed by atoms with van der Waals surface area (Å²) in [5.41, 5.74) is 0. The molecule has 0 radical (unpaired) electrons. The van der Waals surface area contributed by atoms with Crippen LogP contribution in [0.4, 0.5) is 0 Å². The highest BCUT2D eigenvalue weighted by molar-refractivity contribution is 7.13. The molecule has 0 aliphatic carbocycles. The van der Waals surface area contributed by atoms with Crippen LogP contribution in [0.1, 0.15) is 41.5 Å². The summed E-state index contributed by atoms with van der Waals surface area (Å²) in [7, 11) is -0.890. The fraction of sp³-hybridized carbons (Fsp3) is 1.00. The molecule has 0 fully saturated rings. The van der Waals surface area contributed by atoms with E-state index >= 15 is 0 Å². The van der Waals surface area contributed by atoms with Crippen molar-refractivity contribution in [2.45, 2.75) is 51.6 Å². The van der Waals surface area contributed by atoms with Crippen LogP contribution in [0, 0.1) is 0 Å². The van der Waals surface area contributed by atoms with E-state index in [1.807, 2.05) is 0 Å². The molecule has 0 aromatic rings. The molecule has 0 spiro atoms. The highest BCUT2D eigenvalue weighted by Gasteiger charge is 2.27. The Bertz CT molecular complexity index is 121. The zero-order valence-corrected chi connectivity index (χ0v) is 11.4. The van der Waals surface area contributed by atoms with E-state index in [1.54, 1.807) is 0 Å². The van der Waals surface area contributed by atoms with Crippen LogP contribution in [0.5, 0.6) is 0 Å². The maximum atomic E-state index is 6.24. The quantitative estimate of drug-likeness (QED) is 0.619. The molecule has 68 valence electrons. The second-order valence-corrected chi connectivity index (χ2v) is 15.1. The van der Waals surface area contributed by atoms with Gasteiger partial charge in [-0.05, 0) is 10.1 Å². The molecule has 0 saturated carbocycles. The average Bonchev–Trinajstić information content (AvgIpc) is 1.56. The first kappa shape index (κ1) is 11.4. The lowest BCUT2D eigenvalue weighted by Crippen LogP contribution is -2.45. The molecule has 0 aromatic carbocycles. The molecular formula is C8H23NSi2. The fourth-order valence-corrected chi connectivity index (χ4v) is 8.69. The van der Waals surface area contributed by atoms with Crippen LogP contribution in [0.15, 0.2) is 0 Å². The van der Waals surface area contributed by atoms with Gasteiger partial charge in [0, 0.05) is 9.04 Å². The minimum absolute atomic E-state index is 0.0135. The molecule has 1 atom stereocenters. The Balaban J connectivity index is 3.99. The second kappa shape index (κ2) is 3.41. The van der Waals surface area contributed by atoms with Crippen molar-refractivity contribution in [1.82, 2.24) is 0 Å². The van der Waals surface area contributed by atoms with Crippen LogP contribution < -0.4 is 5.40 Å². The standard InChI is InChI=1S/C8H23NSi2/c1-7(2,3)10-11(9)8(4,5)6/h11H,9-10H2,1-6H3. The minimum Gasteiger partial charge on any atom is -0.355 e. The zero-order chi connectivity index (χ0) is 9.28. The molecular weight excluding hydrogens is 166 g/mol. The van der Waals surface area contributed by atoms with Crippen LogP contribution >= 0.6 is 0 Å². The molecule has 3 heteroatoms. The molecule has 0 aliphatic rings. The molecule has 11 heavy (non-hydrogen) atoms. The Labute approximate surface area is 75.1 Å². The van der Waals surface area contributed by atoms with Gasteiger partial charge in [0.15, 0.2) is 0 Å². The maximum absolute atomic E-state index is 6.24. The summed E-state index contributed by atoms with van der Waals surface area (Å²) >= 11 is 0. The van der Waals surface area contributed by atoms with Crippen LogP contribution in [0.2, 0.25) is 10.1 Å². The summed E-state index contributed by atoms with van der Waals surface area (Å²) in [6.07, 6.45) is 0. The Morgan fingerprint density at radius 2 is 1.36 bits per heavy atom. The normalized spacial score (nSPS) is 17.7. The maximum Gasteiger partial charge on any atom is 0.0949 e. The summed E-state index contributed by atoms with van der Waals surface area (Å²) in [5, 5.41) is 7.24. The number of nitrogens with two attached hydrogens (primary N) is 1. The van der Waals surface area contributed by atoms with Gasteiger partial charge in [0.1, 0.15) is 0 Å². The van der Waals surface area contributed by atoms with Gasteiger partial charge in [-0.2, -0.15) is 0 Å². The molecule has 1 unspecified atom stereocenters. The number of rotatable bonds is 1. The summed E-state index contributed by atoms with van der Waals surface area (Å²) in [6, 6.07) is 0. The van der Waals surface area contributed by atoms with E-state index in [9.17, 15) is 0 Å². The van der Waals surface area contributed by atoms with Crippen molar-refractivity contribution < 1.29 is 0 Å². The Hall–Kier alpha value is 0.394. The zero-order valence-electron chi connectivity index (χ0n) is 8.86. The highest BCUT2D eigenvalue weighted by Crippen LogP contribution is 2.29. The molecule has 0 aromatic heterocycles. The van der Waals surface area contributed by atoms with Crippen molar-refractivity contribution >= 4 is 17.5 Å². The van der Waals surface area contributed by atoms with Gasteiger partial charge in [-0.3, -0.25) is 0 Å². The lowest BCUT2D eigenvalue weighted by Gasteiger charge is -2.30. The molecule has 0 bridgehead atoms. The van der Waals surface area contributed by atoms with Crippen molar-refractivity contribution in [2.75, 3.05) is 0 Å². The van der Waals surface area contributed by atoms with E-state index in [0.29, 0.717) is 10.1 Å². The number of hydrogen-bond donors (Lipinski definition) is 1. The fourth-order valence-electron chi connectivity index (χ4n) is 0.966. The Morgan fingerprint density at radius 3 is 1.45 bits per heavy atom. The summed E-state index contributed by atoms with van der Waals surface area (Å²) in [4.78, 5) is 0. The predicted octanol–water partition coefficient (Wildman–Crippen LogP) is 1.35. The first-order valence-corrected chi connectivity index (χ1v) is 9.60. The summed E-state index contributed by atoms with van der Waals surface area (Å²) in [6.45, 7) is 13.9. The molecule has 0 rings (SSSR count). The number of hydrogen-bond acceptors (Lipinski definition) is 1. The van der Waals surface area contributed by atoms with Crippen molar-refractivity contribution in [2.24, 2.45) is 5.40 Å². The van der Waals surface area contributed by atoms with Gasteiger partial charge in [-0.15, -0.1) is 0 Å². The lowest BCUT2D eigenvalue weighted by molar-refractivity contribution is 0.729. The molecule has 0 saturated heterocycles. The Morgan fingerprint density at radius 1 is 1.00 bits per heavy atom. The van der Waals surface area contributed by atoms with E-state index in [1.165, 1.54) is 0 Å². The topological polar surface area (TPSA) is 26.0 Å². The van der Waals surface area contributed by atoms with Gasteiger partial charge < -0.3 is 5.40 Å². The van der Waals surface area contributed by atoms with Gasteiger partial charge in [-0.25, -0.2) is 0 Å². The van der Waals surface area contributed by atoms with Gasteiger partial charge in [-0.1, -0.05) is 41.5 Å². The third-order valence-corrected chi connectivity index (χ3v) is 14.5. The monoisotopic (exact) mass is 189 g/mol. The van der Waals surface area contributed by atoms with E-state index < -0.39 is 8.48 Å². The molecule has 1 nitrogen and oxygen atoms in total. The van der Waals surface area contributed by atoms with Gasteiger partial charge in [0.05, 0.1) is 8.48 Å². The third-order valence-electron chi connectivity index (χ3n) is 1.94. The summed E-state index contributed by atoms with van der Waals surface area (Å²) < 4.78 is 0. The van der Waals surface area contributed by atoms with Gasteiger partial charge >= 0.3 is 0 Å². The first-order chi connectivity index (χ1) is 4.63. The van der Waals surface area contributed by atoms with Crippen LogP contribution in [0.3, 0.4) is 0 Å². The SMILES string of the molecule is CC(C)(C)[SiH2][SiH](N)C(C)(C)C. The second-order valence-electron chi connectivity index (χ2n) is 5.74. The van der Waals surface area contributed by atoms with Crippen molar-refractivity contribution in [1.29, 1.82) is 0 Å². The van der Waals surface area contributed by atoms with E-state index in [4.69, 9.17) is 5.40 Å². The molecule has 0 heterocycles. The molecule has 0 aliphatic heterocycles. The first-order valence-electron chi connectivity index (χ1n) is 4.38.